The highest BCUT2D eigenvalue weighted by Gasteiger charge is 2.19. The molecule has 1 aromatic rings. The molecule has 0 aromatic heterocycles. The molecule has 2 amide bonds. The maximum atomic E-state index is 11.9. The van der Waals surface area contributed by atoms with E-state index in [4.69, 9.17) is 0 Å². The van der Waals surface area contributed by atoms with Crippen LogP contribution in [-0.2, 0) is 0 Å². The second-order valence-corrected chi connectivity index (χ2v) is 5.94. The number of aryl methyl sites for hydroxylation is 1. The number of carbonyl (C=O) groups is 1. The molecule has 0 saturated carbocycles. The van der Waals surface area contributed by atoms with Gasteiger partial charge in [-0.2, -0.15) is 0 Å². The van der Waals surface area contributed by atoms with Gasteiger partial charge in [0.25, 0.3) is 0 Å². The quantitative estimate of drug-likeness (QED) is 0.901. The maximum Gasteiger partial charge on any atom is 0.321 e. The summed E-state index contributed by atoms with van der Waals surface area (Å²) in [6, 6.07) is 5.46. The second-order valence-electron chi connectivity index (χ2n) is 5.08. The van der Waals surface area contributed by atoms with E-state index in [0.29, 0.717) is 5.69 Å². The number of aliphatic hydroxyl groups is 1. The summed E-state index contributed by atoms with van der Waals surface area (Å²) in [4.78, 5) is 13.4. The van der Waals surface area contributed by atoms with Crippen LogP contribution in [0.2, 0.25) is 0 Å². The van der Waals surface area contributed by atoms with Crippen molar-refractivity contribution in [1.82, 2.24) is 4.90 Å². The molecule has 0 atom stereocenters. The van der Waals surface area contributed by atoms with Gasteiger partial charge in [0.15, 0.2) is 0 Å². The minimum Gasteiger partial charge on any atom is -0.389 e. The van der Waals surface area contributed by atoms with Crippen LogP contribution < -0.4 is 5.32 Å². The molecule has 4 nitrogen and oxygen atoms in total. The molecule has 0 fully saturated rings. The van der Waals surface area contributed by atoms with Gasteiger partial charge < -0.3 is 15.3 Å². The minimum absolute atomic E-state index is 0.248. The van der Waals surface area contributed by atoms with Crippen molar-refractivity contribution < 1.29 is 9.90 Å². The van der Waals surface area contributed by atoms with Gasteiger partial charge in [-0.1, -0.05) is 6.07 Å². The molecule has 1 rings (SSSR count). The monoisotopic (exact) mass is 314 g/mol. The van der Waals surface area contributed by atoms with E-state index in [-0.39, 0.29) is 12.6 Å². The van der Waals surface area contributed by atoms with E-state index < -0.39 is 5.60 Å². The van der Waals surface area contributed by atoms with Crippen LogP contribution in [0.5, 0.6) is 0 Å². The summed E-state index contributed by atoms with van der Waals surface area (Å²) in [5.41, 5.74) is 0.925. The topological polar surface area (TPSA) is 52.6 Å². The van der Waals surface area contributed by atoms with E-state index in [2.05, 4.69) is 21.2 Å². The summed E-state index contributed by atoms with van der Waals surface area (Å²) in [7, 11) is 1.65. The molecule has 0 aliphatic carbocycles. The standard InChI is InChI=1S/C13H19BrN2O2/c1-9-5-6-11(10(14)7-9)15-12(17)16(4)8-13(2,3)18/h5-7,18H,8H2,1-4H3,(H,15,17). The Labute approximate surface area is 116 Å². The number of nitrogens with zero attached hydrogens (tertiary/aromatic N) is 1. The molecule has 5 heteroatoms. The first-order valence-corrected chi connectivity index (χ1v) is 6.49. The van der Waals surface area contributed by atoms with E-state index in [1.165, 1.54) is 4.90 Å². The molecule has 0 unspecified atom stereocenters. The minimum atomic E-state index is -0.906. The van der Waals surface area contributed by atoms with Gasteiger partial charge in [0.05, 0.1) is 17.8 Å². The van der Waals surface area contributed by atoms with Gasteiger partial charge in [0, 0.05) is 11.5 Å². The first-order valence-electron chi connectivity index (χ1n) is 5.70. The first-order chi connectivity index (χ1) is 8.19. The molecule has 1 aromatic carbocycles. The predicted molar refractivity (Wildman–Crippen MR) is 76.8 cm³/mol. The summed E-state index contributed by atoms with van der Waals surface area (Å²) in [5, 5.41) is 12.5. The summed E-state index contributed by atoms with van der Waals surface area (Å²) in [6.07, 6.45) is 0. The third kappa shape index (κ3) is 4.66. The predicted octanol–water partition coefficient (Wildman–Crippen LogP) is 2.99. The number of anilines is 1. The Hall–Kier alpha value is -1.07. The van der Waals surface area contributed by atoms with Crippen LogP contribution in [0.1, 0.15) is 19.4 Å². The smallest absolute Gasteiger partial charge is 0.321 e. The lowest BCUT2D eigenvalue weighted by Crippen LogP contribution is -2.41. The summed E-state index contributed by atoms with van der Waals surface area (Å²) >= 11 is 3.40. The fraction of sp³-hybridized carbons (Fsp3) is 0.462. The maximum absolute atomic E-state index is 11.9. The molecule has 0 bridgehead atoms. The third-order valence-electron chi connectivity index (χ3n) is 2.34. The van der Waals surface area contributed by atoms with Crippen LogP contribution in [0.15, 0.2) is 22.7 Å². The highest BCUT2D eigenvalue weighted by molar-refractivity contribution is 9.10. The number of halogens is 1. The number of hydrogen-bond acceptors (Lipinski definition) is 2. The molecule has 0 heterocycles. The fourth-order valence-corrected chi connectivity index (χ4v) is 2.18. The van der Waals surface area contributed by atoms with Crippen LogP contribution in [0.3, 0.4) is 0 Å². The van der Waals surface area contributed by atoms with Gasteiger partial charge in [-0.3, -0.25) is 0 Å². The van der Waals surface area contributed by atoms with Gasteiger partial charge in [0.2, 0.25) is 0 Å². The zero-order chi connectivity index (χ0) is 13.9. The normalized spacial score (nSPS) is 11.2. The molecule has 0 saturated heterocycles. The molecule has 0 aliphatic heterocycles. The lowest BCUT2D eigenvalue weighted by atomic mass is 10.1. The number of carbonyl (C=O) groups excluding carboxylic acids is 1. The summed E-state index contributed by atoms with van der Waals surface area (Å²) in [6.45, 7) is 5.58. The highest BCUT2D eigenvalue weighted by atomic mass is 79.9. The molecule has 0 radical (unpaired) electrons. The van der Waals surface area contributed by atoms with Crippen LogP contribution >= 0.6 is 15.9 Å². The van der Waals surface area contributed by atoms with E-state index in [1.807, 2.05) is 25.1 Å². The zero-order valence-electron chi connectivity index (χ0n) is 11.1. The Bertz CT molecular complexity index is 441. The van der Waals surface area contributed by atoms with E-state index in [9.17, 15) is 9.90 Å². The number of likely N-dealkylation sites (N-methyl/N-ethyl adjacent to an activating group) is 1. The average Bonchev–Trinajstić information content (AvgIpc) is 2.19. The highest BCUT2D eigenvalue weighted by Crippen LogP contribution is 2.23. The zero-order valence-corrected chi connectivity index (χ0v) is 12.7. The Morgan fingerprint density at radius 3 is 2.61 bits per heavy atom. The number of rotatable bonds is 3. The Morgan fingerprint density at radius 1 is 1.50 bits per heavy atom. The van der Waals surface area contributed by atoms with E-state index >= 15 is 0 Å². The molecular formula is C13H19BrN2O2. The molecule has 0 spiro atoms. The van der Waals surface area contributed by atoms with Gasteiger partial charge in [-0.15, -0.1) is 0 Å². The molecule has 0 aliphatic rings. The first kappa shape index (κ1) is 15.0. The molecule has 100 valence electrons. The summed E-state index contributed by atoms with van der Waals surface area (Å²) < 4.78 is 0.840. The molecular weight excluding hydrogens is 296 g/mol. The number of hydrogen-bond donors (Lipinski definition) is 2. The van der Waals surface area contributed by atoms with Crippen molar-refractivity contribution in [3.8, 4) is 0 Å². The number of urea groups is 1. The van der Waals surface area contributed by atoms with Crippen LogP contribution in [0.25, 0.3) is 0 Å². The van der Waals surface area contributed by atoms with Crippen molar-refractivity contribution >= 4 is 27.6 Å². The van der Waals surface area contributed by atoms with Crippen molar-refractivity contribution in [3.05, 3.63) is 28.2 Å². The largest absolute Gasteiger partial charge is 0.389 e. The van der Waals surface area contributed by atoms with Crippen molar-refractivity contribution in [2.75, 3.05) is 18.9 Å². The lowest BCUT2D eigenvalue weighted by molar-refractivity contribution is 0.0550. The number of amides is 2. The second kappa shape index (κ2) is 5.71. The fourth-order valence-electron chi connectivity index (χ4n) is 1.58. The van der Waals surface area contributed by atoms with Crippen LogP contribution in [0.4, 0.5) is 10.5 Å². The Kier molecular flexibility index (Phi) is 4.76. The van der Waals surface area contributed by atoms with Gasteiger partial charge in [0.1, 0.15) is 0 Å². The van der Waals surface area contributed by atoms with Crippen molar-refractivity contribution in [1.29, 1.82) is 0 Å². The lowest BCUT2D eigenvalue weighted by Gasteiger charge is -2.25. The molecule has 2 N–H and O–H groups in total. The van der Waals surface area contributed by atoms with Crippen LogP contribution in [-0.4, -0.2) is 35.2 Å². The SMILES string of the molecule is Cc1ccc(NC(=O)N(C)CC(C)(C)O)c(Br)c1. The van der Waals surface area contributed by atoms with Gasteiger partial charge in [-0.25, -0.2) is 4.79 Å². The van der Waals surface area contributed by atoms with Crippen LogP contribution in [0, 0.1) is 6.92 Å². The molecule has 18 heavy (non-hydrogen) atoms. The van der Waals surface area contributed by atoms with Gasteiger partial charge >= 0.3 is 6.03 Å². The van der Waals surface area contributed by atoms with Crippen molar-refractivity contribution in [2.24, 2.45) is 0 Å². The average molecular weight is 315 g/mol. The van der Waals surface area contributed by atoms with Crippen molar-refractivity contribution in [2.45, 2.75) is 26.4 Å². The summed E-state index contributed by atoms with van der Waals surface area (Å²) in [5.74, 6) is 0. The Morgan fingerprint density at radius 2 is 2.11 bits per heavy atom. The number of benzene rings is 1. The third-order valence-corrected chi connectivity index (χ3v) is 2.99. The van der Waals surface area contributed by atoms with Crippen molar-refractivity contribution in [3.63, 3.8) is 0 Å². The number of nitrogens with one attached hydrogen (secondary N) is 1. The Balaban J connectivity index is 2.70. The van der Waals surface area contributed by atoms with E-state index in [0.717, 1.165) is 10.0 Å². The van der Waals surface area contributed by atoms with Gasteiger partial charge in [-0.05, 0) is 54.4 Å². The van der Waals surface area contributed by atoms with E-state index in [1.54, 1.807) is 20.9 Å².